The molecule has 0 amide bonds. The fraction of sp³-hybridized carbons (Fsp3) is 0.308. The van der Waals surface area contributed by atoms with Gasteiger partial charge in [0.05, 0.1) is 30.7 Å². The Morgan fingerprint density at radius 3 is 2.67 bits per heavy atom. The largest absolute Gasteiger partial charge is 0.394 e. The van der Waals surface area contributed by atoms with Gasteiger partial charge in [0.1, 0.15) is 0 Å². The minimum Gasteiger partial charge on any atom is -0.394 e. The first-order chi connectivity index (χ1) is 8.63. The first-order valence-electron chi connectivity index (χ1n) is 5.77. The number of hydrogen-bond donors (Lipinski definition) is 2. The van der Waals surface area contributed by atoms with Gasteiger partial charge >= 0.3 is 0 Å². The number of halogens is 1. The van der Waals surface area contributed by atoms with E-state index in [1.165, 1.54) is 0 Å². The number of aliphatic hydroxyl groups is 1. The fourth-order valence-electron chi connectivity index (χ4n) is 1.92. The van der Waals surface area contributed by atoms with E-state index in [4.69, 9.17) is 22.4 Å². The lowest BCUT2D eigenvalue weighted by atomic mass is 10.1. The highest BCUT2D eigenvalue weighted by Gasteiger charge is 2.15. The molecule has 0 bridgehead atoms. The monoisotopic (exact) mass is 265 g/mol. The Balaban J connectivity index is 2.31. The van der Waals surface area contributed by atoms with Gasteiger partial charge in [0.2, 0.25) is 0 Å². The number of aromatic nitrogens is 2. The van der Waals surface area contributed by atoms with Crippen LogP contribution in [-0.4, -0.2) is 21.3 Å². The van der Waals surface area contributed by atoms with Gasteiger partial charge < -0.3 is 15.4 Å². The number of aliphatic hydroxyl groups excluding tert-OH is 1. The summed E-state index contributed by atoms with van der Waals surface area (Å²) in [5.41, 5.74) is 7.78. The summed E-state index contributed by atoms with van der Waals surface area (Å²) in [5, 5.41) is 9.85. The lowest BCUT2D eigenvalue weighted by Crippen LogP contribution is -2.20. The minimum absolute atomic E-state index is 0.0948. The maximum Gasteiger partial charge on any atom is 0.0954 e. The van der Waals surface area contributed by atoms with E-state index in [9.17, 15) is 0 Å². The van der Waals surface area contributed by atoms with Gasteiger partial charge in [0.25, 0.3) is 0 Å². The molecule has 2 aromatic rings. The van der Waals surface area contributed by atoms with Crippen molar-refractivity contribution < 1.29 is 5.11 Å². The summed E-state index contributed by atoms with van der Waals surface area (Å²) in [5.74, 6) is 0. The van der Waals surface area contributed by atoms with Crippen LogP contribution in [0, 0.1) is 0 Å². The second-order valence-electron chi connectivity index (χ2n) is 4.24. The van der Waals surface area contributed by atoms with Crippen molar-refractivity contribution >= 4 is 11.6 Å². The van der Waals surface area contributed by atoms with Crippen molar-refractivity contribution in [3.05, 3.63) is 53.1 Å². The van der Waals surface area contributed by atoms with Crippen molar-refractivity contribution in [3.63, 3.8) is 0 Å². The number of nitrogens with zero attached hydrogens (tertiary/aromatic N) is 2. The van der Waals surface area contributed by atoms with Crippen molar-refractivity contribution in [2.24, 2.45) is 5.73 Å². The van der Waals surface area contributed by atoms with Crippen LogP contribution in [0.15, 0.2) is 36.8 Å². The van der Waals surface area contributed by atoms with Gasteiger partial charge in [-0.3, -0.25) is 0 Å². The Morgan fingerprint density at radius 1 is 1.39 bits per heavy atom. The molecule has 1 heterocycles. The number of nitrogens with two attached hydrogens (primary N) is 1. The number of benzene rings is 1. The molecule has 0 fully saturated rings. The molecule has 18 heavy (non-hydrogen) atoms. The smallest absolute Gasteiger partial charge is 0.0954 e. The number of hydrogen-bond acceptors (Lipinski definition) is 3. The Bertz CT molecular complexity index is 509. The van der Waals surface area contributed by atoms with Gasteiger partial charge in [-0.25, -0.2) is 4.98 Å². The molecule has 2 unspecified atom stereocenters. The van der Waals surface area contributed by atoms with Crippen LogP contribution in [0.5, 0.6) is 0 Å². The molecule has 2 atom stereocenters. The SMILES string of the molecule is CC(c1ccc(Cl)cc1)n1cncc1C(N)CO. The van der Waals surface area contributed by atoms with E-state index >= 15 is 0 Å². The minimum atomic E-state index is -0.415. The van der Waals surface area contributed by atoms with Gasteiger partial charge in [0.15, 0.2) is 0 Å². The molecule has 96 valence electrons. The second-order valence-corrected chi connectivity index (χ2v) is 4.68. The third kappa shape index (κ3) is 2.56. The quantitative estimate of drug-likeness (QED) is 0.890. The van der Waals surface area contributed by atoms with Gasteiger partial charge in [0, 0.05) is 11.2 Å². The molecule has 0 spiro atoms. The van der Waals surface area contributed by atoms with Crippen molar-refractivity contribution in [2.75, 3.05) is 6.61 Å². The van der Waals surface area contributed by atoms with Gasteiger partial charge in [-0.15, -0.1) is 0 Å². The molecule has 5 heteroatoms. The van der Waals surface area contributed by atoms with Crippen molar-refractivity contribution in [1.82, 2.24) is 9.55 Å². The zero-order valence-electron chi connectivity index (χ0n) is 10.1. The van der Waals surface area contributed by atoms with Crippen molar-refractivity contribution in [1.29, 1.82) is 0 Å². The third-order valence-corrected chi connectivity index (χ3v) is 3.29. The maximum atomic E-state index is 9.14. The molecular formula is C13H16ClN3O. The van der Waals surface area contributed by atoms with E-state index in [2.05, 4.69) is 11.9 Å². The van der Waals surface area contributed by atoms with E-state index in [0.717, 1.165) is 11.3 Å². The van der Waals surface area contributed by atoms with E-state index in [-0.39, 0.29) is 12.6 Å². The average molecular weight is 266 g/mol. The van der Waals surface area contributed by atoms with Crippen LogP contribution in [-0.2, 0) is 0 Å². The average Bonchev–Trinajstić information content (AvgIpc) is 2.87. The van der Waals surface area contributed by atoms with Crippen LogP contribution < -0.4 is 5.73 Å². The standard InChI is InChI=1S/C13H16ClN3O/c1-9(10-2-4-11(14)5-3-10)17-8-16-6-13(17)12(15)7-18/h2-6,8-9,12,18H,7,15H2,1H3. The number of imidazole rings is 1. The van der Waals surface area contributed by atoms with Crippen LogP contribution in [0.3, 0.4) is 0 Å². The summed E-state index contributed by atoms with van der Waals surface area (Å²) in [7, 11) is 0. The van der Waals surface area contributed by atoms with Crippen molar-refractivity contribution in [2.45, 2.75) is 19.0 Å². The molecule has 4 nitrogen and oxygen atoms in total. The van der Waals surface area contributed by atoms with E-state index in [1.807, 2.05) is 28.8 Å². The Kier molecular flexibility index (Phi) is 4.01. The predicted octanol–water partition coefficient (Wildman–Crippen LogP) is 2.14. The van der Waals surface area contributed by atoms with Gasteiger partial charge in [-0.2, -0.15) is 0 Å². The summed E-state index contributed by atoms with van der Waals surface area (Å²) in [6.07, 6.45) is 3.41. The van der Waals surface area contributed by atoms with E-state index in [1.54, 1.807) is 12.5 Å². The van der Waals surface area contributed by atoms with Crippen LogP contribution in [0.1, 0.15) is 30.3 Å². The molecule has 0 saturated heterocycles. The van der Waals surface area contributed by atoms with Gasteiger partial charge in [-0.1, -0.05) is 23.7 Å². The number of rotatable bonds is 4. The summed E-state index contributed by atoms with van der Waals surface area (Å²) in [6.45, 7) is 1.96. The first kappa shape index (κ1) is 13.1. The molecule has 0 aliphatic carbocycles. The Labute approximate surface area is 111 Å². The fourth-order valence-corrected chi connectivity index (χ4v) is 2.05. The van der Waals surface area contributed by atoms with Crippen LogP contribution >= 0.6 is 11.6 Å². The molecule has 0 saturated carbocycles. The summed E-state index contributed by atoms with van der Waals surface area (Å²) in [4.78, 5) is 4.10. The zero-order chi connectivity index (χ0) is 13.1. The third-order valence-electron chi connectivity index (χ3n) is 3.04. The first-order valence-corrected chi connectivity index (χ1v) is 6.15. The van der Waals surface area contributed by atoms with Crippen LogP contribution in [0.25, 0.3) is 0 Å². The lowest BCUT2D eigenvalue weighted by molar-refractivity contribution is 0.262. The molecule has 1 aromatic carbocycles. The summed E-state index contributed by atoms with van der Waals surface area (Å²) >= 11 is 5.87. The summed E-state index contributed by atoms with van der Waals surface area (Å²) < 4.78 is 1.96. The Hall–Kier alpha value is -1.36. The molecule has 3 N–H and O–H groups in total. The zero-order valence-corrected chi connectivity index (χ0v) is 10.9. The van der Waals surface area contributed by atoms with Gasteiger partial charge in [-0.05, 0) is 24.6 Å². The van der Waals surface area contributed by atoms with E-state index < -0.39 is 6.04 Å². The highest BCUT2D eigenvalue weighted by Crippen LogP contribution is 2.23. The van der Waals surface area contributed by atoms with Crippen molar-refractivity contribution in [3.8, 4) is 0 Å². The summed E-state index contributed by atoms with van der Waals surface area (Å²) in [6, 6.07) is 7.34. The molecule has 0 aliphatic rings. The normalized spacial score (nSPS) is 14.4. The van der Waals surface area contributed by atoms with E-state index in [0.29, 0.717) is 5.02 Å². The maximum absolute atomic E-state index is 9.14. The Morgan fingerprint density at radius 2 is 2.06 bits per heavy atom. The molecule has 2 rings (SSSR count). The topological polar surface area (TPSA) is 64.1 Å². The molecular weight excluding hydrogens is 250 g/mol. The highest BCUT2D eigenvalue weighted by molar-refractivity contribution is 6.30. The lowest BCUT2D eigenvalue weighted by Gasteiger charge is -2.19. The van der Waals surface area contributed by atoms with Crippen LogP contribution in [0.2, 0.25) is 5.02 Å². The predicted molar refractivity (Wildman–Crippen MR) is 71.5 cm³/mol. The van der Waals surface area contributed by atoms with Crippen LogP contribution in [0.4, 0.5) is 0 Å². The molecule has 1 aromatic heterocycles. The second kappa shape index (κ2) is 5.52. The molecule has 0 aliphatic heterocycles. The molecule has 0 radical (unpaired) electrons. The highest BCUT2D eigenvalue weighted by atomic mass is 35.5.